The van der Waals surface area contributed by atoms with E-state index in [0.29, 0.717) is 5.75 Å². The first-order valence-corrected chi connectivity index (χ1v) is 11.5. The average molecular weight is 500 g/mol. The van der Waals surface area contributed by atoms with Gasteiger partial charge in [-0.3, -0.25) is 14.5 Å². The van der Waals surface area contributed by atoms with Crippen molar-refractivity contribution >= 4 is 57.9 Å². The standard InChI is InChI=1S/C18H21N5O8S2/c1-4-29-18(27)31-8(2)30-16(26)10-5-6-32-15-12(14(25)23(10)15)21-13(24)11(22-28-3)9-7-33-17(19)20-9/h5,7-8,12,15H,4,6H2,1-3H3,(H2,19,20)(H,21,24)/b22-11+. The molecule has 0 bridgehead atoms. The van der Waals surface area contributed by atoms with Crippen molar-refractivity contribution in [3.63, 3.8) is 0 Å². The van der Waals surface area contributed by atoms with Crippen molar-refractivity contribution in [3.05, 3.63) is 22.8 Å². The van der Waals surface area contributed by atoms with Gasteiger partial charge in [-0.1, -0.05) is 5.16 Å². The predicted molar refractivity (Wildman–Crippen MR) is 117 cm³/mol. The Kier molecular flexibility index (Phi) is 7.75. The quantitative estimate of drug-likeness (QED) is 0.167. The third-order valence-electron chi connectivity index (χ3n) is 4.30. The minimum Gasteiger partial charge on any atom is -0.435 e. The zero-order chi connectivity index (χ0) is 24.1. The van der Waals surface area contributed by atoms with Crippen molar-refractivity contribution in [1.82, 2.24) is 15.2 Å². The highest BCUT2D eigenvalue weighted by Gasteiger charge is 2.53. The van der Waals surface area contributed by atoms with Crippen LogP contribution in [-0.2, 0) is 33.4 Å². The Bertz CT molecular complexity index is 1010. The number of thiazole rings is 1. The summed E-state index contributed by atoms with van der Waals surface area (Å²) in [5, 5.41) is 7.51. The number of β-lactam (4-membered cyclic amide) rings is 1. The number of nitrogens with one attached hydrogen (secondary N) is 1. The van der Waals surface area contributed by atoms with Crippen LogP contribution in [0.1, 0.15) is 19.5 Å². The Hall–Kier alpha value is -3.33. The maximum absolute atomic E-state index is 12.8. The molecule has 0 saturated carbocycles. The number of nitrogen functional groups attached to an aromatic ring is 1. The zero-order valence-electron chi connectivity index (χ0n) is 17.8. The fraction of sp³-hybridized carbons (Fsp3) is 0.444. The molecular formula is C18H21N5O8S2. The number of amides is 2. The lowest BCUT2D eigenvalue weighted by Crippen LogP contribution is -2.70. The molecule has 3 unspecified atom stereocenters. The number of esters is 1. The molecule has 33 heavy (non-hydrogen) atoms. The maximum atomic E-state index is 12.8. The lowest BCUT2D eigenvalue weighted by Gasteiger charge is -2.48. The van der Waals surface area contributed by atoms with Crippen molar-refractivity contribution in [2.75, 3.05) is 25.2 Å². The number of aromatic nitrogens is 1. The van der Waals surface area contributed by atoms with Gasteiger partial charge in [0, 0.05) is 18.1 Å². The molecule has 178 valence electrons. The zero-order valence-corrected chi connectivity index (χ0v) is 19.4. The SMILES string of the molecule is CCOC(=O)OC(C)OC(=O)C1=CCSC2C(NC(=O)/C(=N/OC)c3csc(N)n3)C(=O)N12. The molecule has 0 radical (unpaired) electrons. The first-order valence-electron chi connectivity index (χ1n) is 9.59. The highest BCUT2D eigenvalue weighted by Crippen LogP contribution is 2.38. The fourth-order valence-corrected chi connectivity index (χ4v) is 4.70. The van der Waals surface area contributed by atoms with Gasteiger partial charge in [0.1, 0.15) is 29.9 Å². The van der Waals surface area contributed by atoms with Crippen molar-refractivity contribution in [2.24, 2.45) is 5.16 Å². The summed E-state index contributed by atoms with van der Waals surface area (Å²) < 4.78 is 14.5. The molecule has 3 N–H and O–H groups in total. The van der Waals surface area contributed by atoms with Gasteiger partial charge in [-0.05, 0) is 13.0 Å². The van der Waals surface area contributed by atoms with Crippen LogP contribution in [0.3, 0.4) is 0 Å². The average Bonchev–Trinajstić information content (AvgIpc) is 3.20. The van der Waals surface area contributed by atoms with E-state index in [2.05, 4.69) is 20.2 Å². The van der Waals surface area contributed by atoms with E-state index < -0.39 is 41.6 Å². The number of carbonyl (C=O) groups excluding carboxylic acids is 4. The molecule has 1 aromatic heterocycles. The molecule has 2 aliphatic rings. The maximum Gasteiger partial charge on any atom is 0.511 e. The van der Waals surface area contributed by atoms with E-state index in [4.69, 9.17) is 20.0 Å². The lowest BCUT2D eigenvalue weighted by atomic mass is 10.0. The van der Waals surface area contributed by atoms with Gasteiger partial charge in [-0.2, -0.15) is 0 Å². The van der Waals surface area contributed by atoms with Gasteiger partial charge in [-0.25, -0.2) is 14.6 Å². The first-order chi connectivity index (χ1) is 15.8. The molecule has 0 spiro atoms. The highest BCUT2D eigenvalue weighted by atomic mass is 32.2. The molecule has 2 aliphatic heterocycles. The van der Waals surface area contributed by atoms with Gasteiger partial charge >= 0.3 is 12.1 Å². The smallest absolute Gasteiger partial charge is 0.435 e. The largest absolute Gasteiger partial charge is 0.511 e. The molecule has 1 saturated heterocycles. The Labute approximate surface area is 196 Å². The summed E-state index contributed by atoms with van der Waals surface area (Å²) in [5.74, 6) is -1.66. The number of fused-ring (bicyclic) bond motifs is 1. The summed E-state index contributed by atoms with van der Waals surface area (Å²) in [4.78, 5) is 59.3. The number of ether oxygens (including phenoxy) is 3. The number of nitrogens with two attached hydrogens (primary N) is 1. The normalized spacial score (nSPS) is 20.6. The van der Waals surface area contributed by atoms with Crippen LogP contribution in [-0.4, -0.2) is 76.7 Å². The molecule has 2 amide bonds. The third-order valence-corrected chi connectivity index (χ3v) is 6.16. The lowest BCUT2D eigenvalue weighted by molar-refractivity contribution is -0.168. The first kappa shape index (κ1) is 24.3. The minimum absolute atomic E-state index is 0.00776. The van der Waals surface area contributed by atoms with Gasteiger partial charge in [0.25, 0.3) is 11.8 Å². The van der Waals surface area contributed by atoms with E-state index in [1.54, 1.807) is 6.92 Å². The number of thioether (sulfide) groups is 1. The van der Waals surface area contributed by atoms with Gasteiger partial charge in [0.05, 0.1) is 6.61 Å². The number of carbonyl (C=O) groups is 4. The molecule has 3 heterocycles. The predicted octanol–water partition coefficient (Wildman–Crippen LogP) is 0.422. The Morgan fingerprint density at radius 2 is 2.15 bits per heavy atom. The Morgan fingerprint density at radius 3 is 2.79 bits per heavy atom. The number of oxime groups is 1. The van der Waals surface area contributed by atoms with Crippen LogP contribution in [0.15, 0.2) is 22.3 Å². The van der Waals surface area contributed by atoms with Crippen molar-refractivity contribution in [3.8, 4) is 0 Å². The molecule has 3 rings (SSSR count). The van der Waals surface area contributed by atoms with Crippen LogP contribution in [0.2, 0.25) is 0 Å². The number of nitrogens with zero attached hydrogens (tertiary/aromatic N) is 3. The molecule has 15 heteroatoms. The van der Waals surface area contributed by atoms with Gasteiger partial charge in [-0.15, -0.1) is 23.1 Å². The van der Waals surface area contributed by atoms with Gasteiger partial charge in [0.2, 0.25) is 6.29 Å². The van der Waals surface area contributed by atoms with Crippen LogP contribution in [0.5, 0.6) is 0 Å². The summed E-state index contributed by atoms with van der Waals surface area (Å²) >= 11 is 2.47. The fourth-order valence-electron chi connectivity index (χ4n) is 2.95. The molecule has 0 aromatic carbocycles. The van der Waals surface area contributed by atoms with E-state index in [9.17, 15) is 19.2 Å². The van der Waals surface area contributed by atoms with E-state index in [0.717, 1.165) is 11.3 Å². The Balaban J connectivity index is 1.64. The second-order valence-corrected chi connectivity index (χ2v) is 8.48. The summed E-state index contributed by atoms with van der Waals surface area (Å²) in [6.45, 7) is 3.04. The van der Waals surface area contributed by atoms with E-state index in [1.165, 1.54) is 42.2 Å². The second kappa shape index (κ2) is 10.5. The van der Waals surface area contributed by atoms with Crippen molar-refractivity contribution in [1.29, 1.82) is 0 Å². The van der Waals surface area contributed by atoms with Crippen LogP contribution in [0.25, 0.3) is 0 Å². The number of anilines is 1. The summed E-state index contributed by atoms with van der Waals surface area (Å²) in [6, 6.07) is -0.912. The number of hydrogen-bond acceptors (Lipinski definition) is 13. The summed E-state index contributed by atoms with van der Waals surface area (Å²) in [7, 11) is 1.27. The van der Waals surface area contributed by atoms with Crippen LogP contribution in [0, 0.1) is 0 Å². The van der Waals surface area contributed by atoms with Crippen LogP contribution < -0.4 is 11.1 Å². The molecule has 3 atom stereocenters. The van der Waals surface area contributed by atoms with Gasteiger partial charge < -0.3 is 30.1 Å². The number of hydrogen-bond donors (Lipinski definition) is 2. The minimum atomic E-state index is -1.23. The molecule has 1 aromatic rings. The molecule has 1 fully saturated rings. The monoisotopic (exact) mass is 499 g/mol. The van der Waals surface area contributed by atoms with Crippen LogP contribution in [0.4, 0.5) is 9.93 Å². The molecule has 13 nitrogen and oxygen atoms in total. The number of rotatable bonds is 8. The van der Waals surface area contributed by atoms with E-state index >= 15 is 0 Å². The van der Waals surface area contributed by atoms with Crippen molar-refractivity contribution in [2.45, 2.75) is 31.6 Å². The highest BCUT2D eigenvalue weighted by molar-refractivity contribution is 8.00. The van der Waals surface area contributed by atoms with Crippen LogP contribution >= 0.6 is 23.1 Å². The summed E-state index contributed by atoms with van der Waals surface area (Å²) in [6.07, 6.45) is -0.690. The second-order valence-electron chi connectivity index (χ2n) is 6.44. The molecular weight excluding hydrogens is 478 g/mol. The topological polar surface area (TPSA) is 172 Å². The van der Waals surface area contributed by atoms with E-state index in [1.807, 2.05) is 0 Å². The van der Waals surface area contributed by atoms with Crippen molar-refractivity contribution < 1.29 is 38.2 Å². The summed E-state index contributed by atoms with van der Waals surface area (Å²) in [5.41, 5.74) is 5.67. The molecule has 0 aliphatic carbocycles. The van der Waals surface area contributed by atoms with Gasteiger partial charge in [0.15, 0.2) is 10.8 Å². The third kappa shape index (κ3) is 5.36. The van der Waals surface area contributed by atoms with E-state index in [-0.39, 0.29) is 28.8 Å². The Morgan fingerprint density at radius 1 is 1.39 bits per heavy atom.